The second-order valence-electron chi connectivity index (χ2n) is 8.60. The number of benzene rings is 1. The zero-order chi connectivity index (χ0) is 21.3. The molecule has 0 amide bonds. The summed E-state index contributed by atoms with van der Waals surface area (Å²) in [6.07, 6.45) is 2.60. The van der Waals surface area contributed by atoms with E-state index in [0.717, 1.165) is 44.4 Å². The first kappa shape index (κ1) is 26.3. The van der Waals surface area contributed by atoms with E-state index in [-0.39, 0.29) is 35.8 Å². The molecule has 2 fully saturated rings. The second-order valence-corrected chi connectivity index (χ2v) is 8.60. The standard InChI is InChI=1S/C23H38FN5O.HI/c1-18(2)21(28-10-4-5-11-28)16-26-23(25-3)27-17-22(29-12-14-30-15-13-29)19-6-8-20(24)9-7-19;/h6-9,18,21-22H,4-5,10-17H2,1-3H3,(H2,25,26,27);1H. The SMILES string of the molecule is CN=C(NCC(c1ccc(F)cc1)N1CCOCC1)NCC(C(C)C)N1CCCC1.I. The molecule has 0 saturated carbocycles. The highest BCUT2D eigenvalue weighted by molar-refractivity contribution is 14.0. The Labute approximate surface area is 204 Å². The van der Waals surface area contributed by atoms with Gasteiger partial charge in [0.1, 0.15) is 5.82 Å². The van der Waals surface area contributed by atoms with Gasteiger partial charge in [-0.2, -0.15) is 0 Å². The lowest BCUT2D eigenvalue weighted by Crippen LogP contribution is -2.50. The fourth-order valence-corrected chi connectivity index (χ4v) is 4.51. The van der Waals surface area contributed by atoms with E-state index in [9.17, 15) is 4.39 Å². The Bertz CT molecular complexity index is 660. The maximum atomic E-state index is 13.4. The van der Waals surface area contributed by atoms with Crippen LogP contribution >= 0.6 is 24.0 Å². The van der Waals surface area contributed by atoms with Gasteiger partial charge in [-0.3, -0.25) is 14.8 Å². The van der Waals surface area contributed by atoms with Crippen molar-refractivity contribution in [2.45, 2.75) is 38.8 Å². The summed E-state index contributed by atoms with van der Waals surface area (Å²) in [7, 11) is 1.82. The molecule has 2 saturated heterocycles. The van der Waals surface area contributed by atoms with E-state index in [4.69, 9.17) is 4.74 Å². The minimum Gasteiger partial charge on any atom is -0.379 e. The van der Waals surface area contributed by atoms with Gasteiger partial charge in [-0.1, -0.05) is 26.0 Å². The van der Waals surface area contributed by atoms with Crippen LogP contribution < -0.4 is 10.6 Å². The molecule has 1 aromatic carbocycles. The number of ether oxygens (including phenoxy) is 1. The van der Waals surface area contributed by atoms with Crippen molar-refractivity contribution in [2.75, 3.05) is 59.5 Å². The summed E-state index contributed by atoms with van der Waals surface area (Å²) >= 11 is 0. The molecule has 31 heavy (non-hydrogen) atoms. The largest absolute Gasteiger partial charge is 0.379 e. The Morgan fingerprint density at radius 2 is 1.61 bits per heavy atom. The van der Waals surface area contributed by atoms with Crippen molar-refractivity contribution in [1.29, 1.82) is 0 Å². The van der Waals surface area contributed by atoms with Gasteiger partial charge in [0.05, 0.1) is 19.3 Å². The van der Waals surface area contributed by atoms with Gasteiger partial charge in [-0.25, -0.2) is 4.39 Å². The van der Waals surface area contributed by atoms with Gasteiger partial charge in [0.2, 0.25) is 0 Å². The number of halogens is 2. The third-order valence-corrected chi connectivity index (χ3v) is 6.29. The lowest BCUT2D eigenvalue weighted by Gasteiger charge is -2.35. The Balaban J connectivity index is 0.00000341. The van der Waals surface area contributed by atoms with Crippen LogP contribution in [0.25, 0.3) is 0 Å². The third-order valence-electron chi connectivity index (χ3n) is 6.29. The molecule has 0 bridgehead atoms. The molecule has 0 aliphatic carbocycles. The number of nitrogens with one attached hydrogen (secondary N) is 2. The summed E-state index contributed by atoms with van der Waals surface area (Å²) in [5.74, 6) is 1.21. The number of nitrogens with zero attached hydrogens (tertiary/aromatic N) is 3. The molecular weight excluding hydrogens is 508 g/mol. The maximum Gasteiger partial charge on any atom is 0.191 e. The molecule has 2 aliphatic rings. The van der Waals surface area contributed by atoms with Crippen molar-refractivity contribution in [1.82, 2.24) is 20.4 Å². The fraction of sp³-hybridized carbons (Fsp3) is 0.696. The molecular formula is C23H39FIN5O. The third kappa shape index (κ3) is 7.83. The summed E-state index contributed by atoms with van der Waals surface area (Å²) in [5.41, 5.74) is 1.11. The first-order chi connectivity index (χ1) is 14.6. The molecule has 2 atom stereocenters. The summed E-state index contributed by atoms with van der Waals surface area (Å²) in [5, 5.41) is 7.05. The number of hydrogen-bond acceptors (Lipinski definition) is 4. The van der Waals surface area contributed by atoms with Gasteiger partial charge in [0.15, 0.2) is 5.96 Å². The number of morpholine rings is 1. The van der Waals surface area contributed by atoms with Crippen molar-refractivity contribution in [3.8, 4) is 0 Å². The topological polar surface area (TPSA) is 52.1 Å². The van der Waals surface area contributed by atoms with E-state index in [2.05, 4.69) is 39.3 Å². The molecule has 2 aliphatic heterocycles. The Kier molecular flexibility index (Phi) is 11.5. The van der Waals surface area contributed by atoms with Crippen molar-refractivity contribution in [3.05, 3.63) is 35.6 Å². The minimum absolute atomic E-state index is 0. The summed E-state index contributed by atoms with van der Waals surface area (Å²) in [6, 6.07) is 7.51. The van der Waals surface area contributed by atoms with Crippen molar-refractivity contribution in [2.24, 2.45) is 10.9 Å². The molecule has 3 rings (SSSR count). The maximum absolute atomic E-state index is 13.4. The van der Waals surface area contributed by atoms with Crippen LogP contribution in [-0.4, -0.2) is 81.3 Å². The average Bonchev–Trinajstić information content (AvgIpc) is 3.28. The van der Waals surface area contributed by atoms with E-state index < -0.39 is 0 Å². The number of guanidine groups is 1. The average molecular weight is 548 g/mol. The smallest absolute Gasteiger partial charge is 0.191 e. The molecule has 8 heteroatoms. The van der Waals surface area contributed by atoms with Gasteiger partial charge in [-0.05, 0) is 49.5 Å². The highest BCUT2D eigenvalue weighted by Crippen LogP contribution is 2.22. The summed E-state index contributed by atoms with van der Waals surface area (Å²) < 4.78 is 19.0. The lowest BCUT2D eigenvalue weighted by molar-refractivity contribution is 0.0170. The molecule has 2 heterocycles. The molecule has 6 nitrogen and oxygen atoms in total. The summed E-state index contributed by atoms with van der Waals surface area (Å²) in [6.45, 7) is 11.8. The van der Waals surface area contributed by atoms with Gasteiger partial charge in [0, 0.05) is 39.3 Å². The summed E-state index contributed by atoms with van der Waals surface area (Å²) in [4.78, 5) is 9.44. The highest BCUT2D eigenvalue weighted by atomic mass is 127. The molecule has 0 spiro atoms. The number of aliphatic imine (C=N–C) groups is 1. The Morgan fingerprint density at radius 1 is 1.00 bits per heavy atom. The van der Waals surface area contributed by atoms with Crippen LogP contribution in [0, 0.1) is 11.7 Å². The predicted molar refractivity (Wildman–Crippen MR) is 136 cm³/mol. The van der Waals surface area contributed by atoms with E-state index >= 15 is 0 Å². The monoisotopic (exact) mass is 547 g/mol. The molecule has 0 aromatic heterocycles. The number of likely N-dealkylation sites (tertiary alicyclic amines) is 1. The van der Waals surface area contributed by atoms with E-state index in [1.807, 2.05) is 19.2 Å². The van der Waals surface area contributed by atoms with Crippen LogP contribution in [0.15, 0.2) is 29.3 Å². The first-order valence-electron chi connectivity index (χ1n) is 11.3. The fourth-order valence-electron chi connectivity index (χ4n) is 4.51. The van der Waals surface area contributed by atoms with Crippen LogP contribution in [0.3, 0.4) is 0 Å². The zero-order valence-electron chi connectivity index (χ0n) is 19.1. The molecule has 2 N–H and O–H groups in total. The quantitative estimate of drug-likeness (QED) is 0.298. The van der Waals surface area contributed by atoms with Crippen LogP contribution in [0.5, 0.6) is 0 Å². The normalized spacial score (nSPS) is 20.4. The van der Waals surface area contributed by atoms with Gasteiger partial charge < -0.3 is 15.4 Å². The Morgan fingerprint density at radius 3 is 2.19 bits per heavy atom. The van der Waals surface area contributed by atoms with Crippen molar-refractivity contribution in [3.63, 3.8) is 0 Å². The minimum atomic E-state index is -0.202. The lowest BCUT2D eigenvalue weighted by atomic mass is 10.0. The van der Waals surface area contributed by atoms with Crippen molar-refractivity contribution >= 4 is 29.9 Å². The van der Waals surface area contributed by atoms with E-state index in [1.54, 1.807) is 12.1 Å². The van der Waals surface area contributed by atoms with Crippen LogP contribution in [0.2, 0.25) is 0 Å². The molecule has 0 radical (unpaired) electrons. The van der Waals surface area contributed by atoms with Crippen LogP contribution in [-0.2, 0) is 4.74 Å². The van der Waals surface area contributed by atoms with Crippen molar-refractivity contribution < 1.29 is 9.13 Å². The first-order valence-corrected chi connectivity index (χ1v) is 11.3. The molecule has 2 unspecified atom stereocenters. The second kappa shape index (κ2) is 13.5. The van der Waals surface area contributed by atoms with Crippen LogP contribution in [0.1, 0.15) is 38.3 Å². The Hall–Kier alpha value is -0.970. The van der Waals surface area contributed by atoms with Gasteiger partial charge >= 0.3 is 0 Å². The molecule has 1 aromatic rings. The number of rotatable bonds is 8. The molecule has 176 valence electrons. The van der Waals surface area contributed by atoms with Gasteiger partial charge in [-0.15, -0.1) is 24.0 Å². The van der Waals surface area contributed by atoms with E-state index in [1.165, 1.54) is 25.9 Å². The number of hydrogen-bond donors (Lipinski definition) is 2. The van der Waals surface area contributed by atoms with Gasteiger partial charge in [0.25, 0.3) is 0 Å². The highest BCUT2D eigenvalue weighted by Gasteiger charge is 2.26. The van der Waals surface area contributed by atoms with Crippen LogP contribution in [0.4, 0.5) is 4.39 Å². The predicted octanol–water partition coefficient (Wildman–Crippen LogP) is 3.10. The zero-order valence-corrected chi connectivity index (χ0v) is 21.5. The van der Waals surface area contributed by atoms with E-state index in [0.29, 0.717) is 18.5 Å².